The van der Waals surface area contributed by atoms with Crippen LogP contribution in [0.4, 0.5) is 5.82 Å². The third-order valence-electron chi connectivity index (χ3n) is 4.88. The first-order chi connectivity index (χ1) is 11.2. The van der Waals surface area contributed by atoms with Gasteiger partial charge in [-0.15, -0.1) is 0 Å². The number of imidazole rings is 1. The van der Waals surface area contributed by atoms with E-state index in [1.54, 1.807) is 6.20 Å². The maximum atomic E-state index is 4.79. The summed E-state index contributed by atoms with van der Waals surface area (Å²) in [5.74, 6) is 1.82. The molecule has 4 nitrogen and oxygen atoms in total. The van der Waals surface area contributed by atoms with Gasteiger partial charge < -0.3 is 5.32 Å². The minimum Gasteiger partial charge on any atom is -0.367 e. The van der Waals surface area contributed by atoms with E-state index < -0.39 is 0 Å². The quantitative estimate of drug-likeness (QED) is 0.781. The van der Waals surface area contributed by atoms with Crippen molar-refractivity contribution in [3.63, 3.8) is 0 Å². The Morgan fingerprint density at radius 2 is 1.96 bits per heavy atom. The van der Waals surface area contributed by atoms with Crippen LogP contribution in [-0.2, 0) is 0 Å². The van der Waals surface area contributed by atoms with Crippen molar-refractivity contribution in [1.29, 1.82) is 0 Å². The third kappa shape index (κ3) is 2.58. The van der Waals surface area contributed by atoms with Gasteiger partial charge in [0.25, 0.3) is 0 Å². The van der Waals surface area contributed by atoms with E-state index in [-0.39, 0.29) is 0 Å². The zero-order valence-electron chi connectivity index (χ0n) is 13.7. The fourth-order valence-electron chi connectivity index (χ4n) is 3.38. The van der Waals surface area contributed by atoms with Gasteiger partial charge >= 0.3 is 0 Å². The zero-order chi connectivity index (χ0) is 15.8. The molecular weight excluding hydrogens is 284 g/mol. The van der Waals surface area contributed by atoms with Gasteiger partial charge in [0.2, 0.25) is 5.78 Å². The highest BCUT2D eigenvalue weighted by Crippen LogP contribution is 2.32. The second kappa shape index (κ2) is 5.69. The van der Waals surface area contributed by atoms with Crippen LogP contribution in [0.1, 0.15) is 36.8 Å². The van der Waals surface area contributed by atoms with E-state index in [1.165, 1.54) is 36.8 Å². The number of hydrogen-bond donors (Lipinski definition) is 1. The molecule has 1 saturated carbocycles. The molecule has 1 aliphatic carbocycles. The van der Waals surface area contributed by atoms with Crippen LogP contribution in [-0.4, -0.2) is 20.4 Å². The number of nitrogens with zero attached hydrogens (tertiary/aromatic N) is 3. The molecule has 0 radical (unpaired) electrons. The number of anilines is 1. The summed E-state index contributed by atoms with van der Waals surface area (Å²) in [6.45, 7) is 4.29. The highest BCUT2D eigenvalue weighted by Gasteiger charge is 2.20. The summed E-state index contributed by atoms with van der Waals surface area (Å²) in [5.41, 5.74) is 4.75. The minimum atomic E-state index is 0.542. The van der Waals surface area contributed by atoms with Crippen molar-refractivity contribution in [2.24, 2.45) is 0 Å². The Balaban J connectivity index is 1.85. The molecule has 23 heavy (non-hydrogen) atoms. The first kappa shape index (κ1) is 14.2. The number of rotatable bonds is 3. The van der Waals surface area contributed by atoms with Gasteiger partial charge in [-0.25, -0.2) is 9.97 Å². The van der Waals surface area contributed by atoms with Gasteiger partial charge in [0.05, 0.1) is 0 Å². The topological polar surface area (TPSA) is 42.2 Å². The average Bonchev–Trinajstić information content (AvgIpc) is 3.19. The molecule has 1 aromatic carbocycles. The monoisotopic (exact) mass is 306 g/mol. The molecule has 0 saturated heterocycles. The van der Waals surface area contributed by atoms with Crippen molar-refractivity contribution < 1.29 is 0 Å². The maximum absolute atomic E-state index is 4.79. The van der Waals surface area contributed by atoms with Gasteiger partial charge in [-0.1, -0.05) is 25.0 Å². The number of aryl methyl sites for hydroxylation is 2. The van der Waals surface area contributed by atoms with Crippen LogP contribution in [0.5, 0.6) is 0 Å². The molecule has 0 spiro atoms. The van der Waals surface area contributed by atoms with Gasteiger partial charge in [0.15, 0.2) is 0 Å². The van der Waals surface area contributed by atoms with Crippen molar-refractivity contribution in [2.75, 3.05) is 5.32 Å². The highest BCUT2D eigenvalue weighted by molar-refractivity contribution is 5.76. The molecule has 1 fully saturated rings. The van der Waals surface area contributed by atoms with E-state index in [0.717, 1.165) is 22.9 Å². The van der Waals surface area contributed by atoms with E-state index in [0.29, 0.717) is 6.04 Å². The Labute approximate surface area is 136 Å². The van der Waals surface area contributed by atoms with Crippen LogP contribution in [0.15, 0.2) is 36.7 Å². The lowest BCUT2D eigenvalue weighted by Crippen LogP contribution is -2.16. The fourth-order valence-corrected chi connectivity index (χ4v) is 3.38. The van der Waals surface area contributed by atoms with E-state index in [9.17, 15) is 0 Å². The van der Waals surface area contributed by atoms with Crippen LogP contribution in [0.25, 0.3) is 17.0 Å². The Kier molecular flexibility index (Phi) is 3.52. The normalized spacial score (nSPS) is 15.4. The summed E-state index contributed by atoms with van der Waals surface area (Å²) in [6.07, 6.45) is 8.93. The number of benzene rings is 1. The van der Waals surface area contributed by atoms with Crippen LogP contribution >= 0.6 is 0 Å². The molecule has 0 bridgehead atoms. The van der Waals surface area contributed by atoms with E-state index in [4.69, 9.17) is 4.98 Å². The average molecular weight is 306 g/mol. The SMILES string of the molecule is Cc1ccc(-c2nc3ncccn3c2NC2CCCC2)cc1C. The van der Waals surface area contributed by atoms with Gasteiger partial charge in [-0.2, -0.15) is 0 Å². The largest absolute Gasteiger partial charge is 0.367 e. The summed E-state index contributed by atoms with van der Waals surface area (Å²) in [5, 5.41) is 3.73. The first-order valence-corrected chi connectivity index (χ1v) is 8.39. The fraction of sp³-hybridized carbons (Fsp3) is 0.368. The molecule has 2 heterocycles. The lowest BCUT2D eigenvalue weighted by Gasteiger charge is -2.15. The molecule has 0 amide bonds. The summed E-state index contributed by atoms with van der Waals surface area (Å²) >= 11 is 0. The zero-order valence-corrected chi connectivity index (χ0v) is 13.7. The predicted octanol–water partition coefficient (Wildman–Crippen LogP) is 4.37. The second-order valence-electron chi connectivity index (χ2n) is 6.52. The lowest BCUT2D eigenvalue weighted by molar-refractivity contribution is 0.749. The standard InChI is InChI=1S/C19H22N4/c1-13-8-9-15(12-14(13)2)17-18(21-16-6-3-4-7-16)23-11-5-10-20-19(23)22-17/h5,8-12,16,21H,3-4,6-7H2,1-2H3. The van der Waals surface area contributed by atoms with E-state index in [2.05, 4.69) is 46.7 Å². The van der Waals surface area contributed by atoms with E-state index in [1.807, 2.05) is 12.3 Å². The summed E-state index contributed by atoms with van der Waals surface area (Å²) in [4.78, 5) is 9.20. The summed E-state index contributed by atoms with van der Waals surface area (Å²) < 4.78 is 2.07. The van der Waals surface area contributed by atoms with Crippen LogP contribution < -0.4 is 5.32 Å². The van der Waals surface area contributed by atoms with Gasteiger partial charge in [-0.3, -0.25) is 4.40 Å². The van der Waals surface area contributed by atoms with Crippen LogP contribution in [0, 0.1) is 13.8 Å². The Hall–Kier alpha value is -2.36. The lowest BCUT2D eigenvalue weighted by atomic mass is 10.0. The number of hydrogen-bond acceptors (Lipinski definition) is 3. The molecular formula is C19H22N4. The molecule has 0 unspecified atom stereocenters. The number of aromatic nitrogens is 3. The Morgan fingerprint density at radius 3 is 2.74 bits per heavy atom. The number of nitrogens with one attached hydrogen (secondary N) is 1. The predicted molar refractivity (Wildman–Crippen MR) is 93.8 cm³/mol. The van der Waals surface area contributed by atoms with Crippen molar-refractivity contribution in [2.45, 2.75) is 45.6 Å². The molecule has 1 aliphatic rings. The Bertz CT molecular complexity index is 844. The molecule has 4 rings (SSSR count). The molecule has 0 atom stereocenters. The molecule has 3 aromatic rings. The minimum absolute atomic E-state index is 0.542. The second-order valence-corrected chi connectivity index (χ2v) is 6.52. The van der Waals surface area contributed by atoms with Gasteiger partial charge in [-0.05, 0) is 49.9 Å². The first-order valence-electron chi connectivity index (χ1n) is 8.39. The highest BCUT2D eigenvalue weighted by atomic mass is 15.2. The molecule has 1 N–H and O–H groups in total. The van der Waals surface area contributed by atoms with E-state index >= 15 is 0 Å². The van der Waals surface area contributed by atoms with Gasteiger partial charge in [0.1, 0.15) is 11.5 Å². The van der Waals surface area contributed by atoms with Gasteiger partial charge in [0, 0.05) is 24.0 Å². The molecule has 4 heteroatoms. The smallest absolute Gasteiger partial charge is 0.235 e. The third-order valence-corrected chi connectivity index (χ3v) is 4.88. The van der Waals surface area contributed by atoms with Crippen LogP contribution in [0.3, 0.4) is 0 Å². The summed E-state index contributed by atoms with van der Waals surface area (Å²) in [7, 11) is 0. The van der Waals surface area contributed by atoms with Crippen molar-refractivity contribution in [1.82, 2.24) is 14.4 Å². The Morgan fingerprint density at radius 1 is 1.13 bits per heavy atom. The van der Waals surface area contributed by atoms with Crippen molar-refractivity contribution >= 4 is 11.6 Å². The van der Waals surface area contributed by atoms with Crippen molar-refractivity contribution in [3.05, 3.63) is 47.8 Å². The molecule has 0 aliphatic heterocycles. The van der Waals surface area contributed by atoms with Crippen LogP contribution in [0.2, 0.25) is 0 Å². The number of fused-ring (bicyclic) bond motifs is 1. The summed E-state index contributed by atoms with van der Waals surface area (Å²) in [6, 6.07) is 9.04. The maximum Gasteiger partial charge on any atom is 0.235 e. The molecule has 118 valence electrons. The molecule has 2 aromatic heterocycles. The van der Waals surface area contributed by atoms with Crippen molar-refractivity contribution in [3.8, 4) is 11.3 Å².